The molecule has 0 aliphatic heterocycles. The minimum Gasteiger partial charge on any atom is -0.277 e. The van der Waals surface area contributed by atoms with Crippen molar-refractivity contribution >= 4 is 0 Å². The summed E-state index contributed by atoms with van der Waals surface area (Å²) in [5.74, 6) is 0. The van der Waals surface area contributed by atoms with Crippen molar-refractivity contribution in [3.63, 3.8) is 0 Å². The summed E-state index contributed by atoms with van der Waals surface area (Å²) in [4.78, 5) is 0. The highest BCUT2D eigenvalue weighted by molar-refractivity contribution is 5.33. The van der Waals surface area contributed by atoms with E-state index in [4.69, 9.17) is 0 Å². The fourth-order valence-electron chi connectivity index (χ4n) is 1.56. The minimum absolute atomic E-state index is 0.0881. The summed E-state index contributed by atoms with van der Waals surface area (Å²) in [6.07, 6.45) is -9.69. The van der Waals surface area contributed by atoms with Crippen LogP contribution in [0.5, 0.6) is 0 Å². The Morgan fingerprint density at radius 1 is 0.950 bits per heavy atom. The summed E-state index contributed by atoms with van der Waals surface area (Å²) < 4.78 is 75.6. The second-order valence-corrected chi connectivity index (χ2v) is 4.02. The molecule has 0 spiro atoms. The van der Waals surface area contributed by atoms with Crippen molar-refractivity contribution in [3.8, 4) is 0 Å². The van der Waals surface area contributed by atoms with E-state index in [0.29, 0.717) is 12.1 Å². The minimum atomic E-state index is -4.85. The van der Waals surface area contributed by atoms with E-state index in [2.05, 4.69) is 10.3 Å². The Hall–Kier alpha value is -1.80. The van der Waals surface area contributed by atoms with Gasteiger partial charge in [-0.05, 0) is 23.8 Å². The Balaban J connectivity index is 3.24. The number of hydrogen-bond acceptors (Lipinski definition) is 2. The molecule has 9 heteroatoms. The maximum absolute atomic E-state index is 12.6. The monoisotopic (exact) mass is 299 g/mol. The second-order valence-electron chi connectivity index (χ2n) is 4.02. The van der Waals surface area contributed by atoms with Crippen molar-refractivity contribution in [2.75, 3.05) is 14.1 Å². The van der Waals surface area contributed by atoms with Crippen molar-refractivity contribution in [1.29, 1.82) is 0 Å². The Kier molecular flexibility index (Phi) is 4.61. The number of rotatable bonds is 3. The molecule has 0 atom stereocenters. The number of nitrogens with zero attached hydrogens (tertiary/aromatic N) is 3. The molecule has 0 aromatic heterocycles. The third kappa shape index (κ3) is 4.39. The molecule has 0 heterocycles. The molecule has 0 saturated carbocycles. The molecule has 112 valence electrons. The van der Waals surface area contributed by atoms with Gasteiger partial charge in [0.1, 0.15) is 0 Å². The third-order valence-electron chi connectivity index (χ3n) is 2.30. The largest absolute Gasteiger partial charge is 0.416 e. The van der Waals surface area contributed by atoms with E-state index in [-0.39, 0.29) is 18.2 Å². The molecule has 0 fully saturated rings. The summed E-state index contributed by atoms with van der Waals surface area (Å²) >= 11 is 0. The lowest BCUT2D eigenvalue weighted by Crippen LogP contribution is -2.15. The van der Waals surface area contributed by atoms with Gasteiger partial charge >= 0.3 is 12.4 Å². The van der Waals surface area contributed by atoms with Crippen LogP contribution in [0.25, 0.3) is 0 Å². The molecule has 0 saturated heterocycles. The second kappa shape index (κ2) is 5.68. The van der Waals surface area contributed by atoms with Gasteiger partial charge in [-0.15, -0.1) is 0 Å². The van der Waals surface area contributed by atoms with Crippen LogP contribution >= 0.6 is 0 Å². The Bertz CT molecular complexity index is 460. The number of alkyl halides is 6. The highest BCUT2D eigenvalue weighted by atomic mass is 19.4. The first kappa shape index (κ1) is 16.3. The Morgan fingerprint density at radius 2 is 1.40 bits per heavy atom. The molecule has 0 aliphatic rings. The molecule has 0 amide bonds. The first-order chi connectivity index (χ1) is 9.04. The fourth-order valence-corrected chi connectivity index (χ4v) is 1.56. The molecule has 3 nitrogen and oxygen atoms in total. The van der Waals surface area contributed by atoms with Crippen LogP contribution in [0.2, 0.25) is 0 Å². The summed E-state index contributed by atoms with van der Waals surface area (Å²) in [7, 11) is 2.73. The first-order valence-corrected chi connectivity index (χ1v) is 5.33. The molecule has 20 heavy (non-hydrogen) atoms. The van der Waals surface area contributed by atoms with Gasteiger partial charge in [-0.1, -0.05) is 5.22 Å². The summed E-state index contributed by atoms with van der Waals surface area (Å²) in [5.41, 5.74) is -2.84. The Labute approximate surface area is 110 Å². The molecule has 0 radical (unpaired) electrons. The van der Waals surface area contributed by atoms with Crippen molar-refractivity contribution in [2.45, 2.75) is 18.9 Å². The zero-order valence-corrected chi connectivity index (χ0v) is 10.5. The molecule has 0 N–H and O–H groups in total. The quantitative estimate of drug-likeness (QED) is 0.468. The highest BCUT2D eigenvalue weighted by Crippen LogP contribution is 2.36. The fraction of sp³-hybridized carbons (Fsp3) is 0.455. The number of halogens is 6. The zero-order chi connectivity index (χ0) is 15.6. The lowest BCUT2D eigenvalue weighted by atomic mass is 10.0. The van der Waals surface area contributed by atoms with E-state index in [9.17, 15) is 26.3 Å². The predicted octanol–water partition coefficient (Wildman–Crippen LogP) is 4.15. The van der Waals surface area contributed by atoms with Crippen LogP contribution < -0.4 is 0 Å². The Morgan fingerprint density at radius 3 is 1.75 bits per heavy atom. The van der Waals surface area contributed by atoms with E-state index in [0.717, 1.165) is 5.01 Å². The van der Waals surface area contributed by atoms with E-state index in [1.54, 1.807) is 0 Å². The summed E-state index contributed by atoms with van der Waals surface area (Å²) in [6.45, 7) is -0.218. The van der Waals surface area contributed by atoms with E-state index in [1.165, 1.54) is 14.1 Å². The summed E-state index contributed by atoms with van der Waals surface area (Å²) in [5, 5.41) is 8.01. The topological polar surface area (TPSA) is 28.0 Å². The SMILES string of the molecule is C/N=N\N(C)Cc1cc(C(F)(F)F)cc(C(F)(F)F)c1. The molecule has 1 aromatic rings. The van der Waals surface area contributed by atoms with Gasteiger partial charge in [0.15, 0.2) is 0 Å². The van der Waals surface area contributed by atoms with Crippen LogP contribution in [0.4, 0.5) is 26.3 Å². The molecular formula is C11H11F6N3. The van der Waals surface area contributed by atoms with Gasteiger partial charge in [0.2, 0.25) is 0 Å². The predicted molar refractivity (Wildman–Crippen MR) is 58.7 cm³/mol. The number of hydrogen-bond donors (Lipinski definition) is 0. The molecule has 1 aromatic carbocycles. The van der Waals surface area contributed by atoms with Crippen molar-refractivity contribution in [1.82, 2.24) is 5.01 Å². The van der Waals surface area contributed by atoms with Crippen LogP contribution in [-0.4, -0.2) is 19.1 Å². The van der Waals surface area contributed by atoms with Gasteiger partial charge in [0, 0.05) is 7.05 Å². The maximum Gasteiger partial charge on any atom is 0.416 e. The molecule has 0 aliphatic carbocycles. The first-order valence-electron chi connectivity index (χ1n) is 5.33. The number of benzene rings is 1. The maximum atomic E-state index is 12.6. The third-order valence-corrected chi connectivity index (χ3v) is 2.30. The lowest BCUT2D eigenvalue weighted by Gasteiger charge is -2.16. The van der Waals surface area contributed by atoms with Crippen LogP contribution in [-0.2, 0) is 18.9 Å². The molecule has 0 bridgehead atoms. The van der Waals surface area contributed by atoms with Crippen LogP contribution in [0, 0.1) is 0 Å². The van der Waals surface area contributed by atoms with Crippen LogP contribution in [0.3, 0.4) is 0 Å². The zero-order valence-electron chi connectivity index (χ0n) is 10.5. The van der Waals surface area contributed by atoms with Crippen LogP contribution in [0.15, 0.2) is 28.5 Å². The summed E-state index contributed by atoms with van der Waals surface area (Å²) in [6, 6.07) is 1.42. The van der Waals surface area contributed by atoms with Gasteiger partial charge in [0.05, 0.1) is 24.7 Å². The van der Waals surface area contributed by atoms with Gasteiger partial charge in [-0.3, -0.25) is 5.01 Å². The highest BCUT2D eigenvalue weighted by Gasteiger charge is 2.36. The standard InChI is InChI=1S/C11H11F6N3/c1-18-19-20(2)6-7-3-8(10(12,13)14)5-9(4-7)11(15,16)17/h3-5H,6H2,1-2H3/b19-18-. The van der Waals surface area contributed by atoms with Crippen molar-refractivity contribution in [3.05, 3.63) is 34.9 Å². The average molecular weight is 299 g/mol. The van der Waals surface area contributed by atoms with Crippen molar-refractivity contribution in [2.24, 2.45) is 10.3 Å². The van der Waals surface area contributed by atoms with Crippen molar-refractivity contribution < 1.29 is 26.3 Å². The van der Waals surface area contributed by atoms with Gasteiger partial charge < -0.3 is 0 Å². The van der Waals surface area contributed by atoms with Gasteiger partial charge in [-0.2, -0.15) is 31.5 Å². The normalized spacial score (nSPS) is 13.0. The van der Waals surface area contributed by atoms with Gasteiger partial charge in [0.25, 0.3) is 0 Å². The van der Waals surface area contributed by atoms with Crippen LogP contribution in [0.1, 0.15) is 16.7 Å². The van der Waals surface area contributed by atoms with E-state index < -0.39 is 23.5 Å². The smallest absolute Gasteiger partial charge is 0.277 e. The molecular weight excluding hydrogens is 288 g/mol. The molecule has 1 rings (SSSR count). The average Bonchev–Trinajstić information content (AvgIpc) is 2.26. The van der Waals surface area contributed by atoms with E-state index in [1.807, 2.05) is 0 Å². The van der Waals surface area contributed by atoms with E-state index >= 15 is 0 Å². The lowest BCUT2D eigenvalue weighted by molar-refractivity contribution is -0.143. The van der Waals surface area contributed by atoms with Gasteiger partial charge in [-0.25, -0.2) is 0 Å². The molecule has 0 unspecified atom stereocenters.